The van der Waals surface area contributed by atoms with E-state index < -0.39 is 0 Å². The summed E-state index contributed by atoms with van der Waals surface area (Å²) < 4.78 is 5.45. The average Bonchev–Trinajstić information content (AvgIpc) is 2.48. The van der Waals surface area contributed by atoms with Crippen LogP contribution in [0.15, 0.2) is 0 Å². The van der Waals surface area contributed by atoms with Gasteiger partial charge < -0.3 is 19.9 Å². The highest BCUT2D eigenvalue weighted by Gasteiger charge is 2.23. The SMILES string of the molecule is CCNc1nc(OCC)nc(N2CCC(N(C)C)CC2)n1. The van der Waals surface area contributed by atoms with Gasteiger partial charge in [-0.2, -0.15) is 15.0 Å². The largest absolute Gasteiger partial charge is 0.464 e. The molecule has 7 nitrogen and oxygen atoms in total. The Morgan fingerprint density at radius 2 is 1.90 bits per heavy atom. The second kappa shape index (κ2) is 7.40. The van der Waals surface area contributed by atoms with E-state index in [1.807, 2.05) is 13.8 Å². The van der Waals surface area contributed by atoms with Gasteiger partial charge in [-0.1, -0.05) is 0 Å². The molecular formula is C14H26N6O. The minimum absolute atomic E-state index is 0.396. The normalized spacial score (nSPS) is 16.3. The van der Waals surface area contributed by atoms with Gasteiger partial charge in [0, 0.05) is 25.7 Å². The van der Waals surface area contributed by atoms with Crippen LogP contribution in [0, 0.1) is 0 Å². The van der Waals surface area contributed by atoms with Crippen LogP contribution in [0.4, 0.5) is 11.9 Å². The third kappa shape index (κ3) is 4.17. The van der Waals surface area contributed by atoms with Crippen molar-refractivity contribution in [3.05, 3.63) is 0 Å². The van der Waals surface area contributed by atoms with E-state index in [1.54, 1.807) is 0 Å². The van der Waals surface area contributed by atoms with Crippen molar-refractivity contribution in [3.8, 4) is 6.01 Å². The number of hydrogen-bond donors (Lipinski definition) is 1. The summed E-state index contributed by atoms with van der Waals surface area (Å²) in [5, 5.41) is 3.14. The summed E-state index contributed by atoms with van der Waals surface area (Å²) in [6, 6.07) is 1.04. The first-order valence-corrected chi connectivity index (χ1v) is 7.68. The number of nitrogens with one attached hydrogen (secondary N) is 1. The third-order valence-electron chi connectivity index (χ3n) is 3.69. The maximum atomic E-state index is 5.45. The molecule has 0 spiro atoms. The molecule has 1 saturated heterocycles. The molecule has 1 aliphatic rings. The Morgan fingerprint density at radius 3 is 2.48 bits per heavy atom. The molecule has 0 bridgehead atoms. The summed E-state index contributed by atoms with van der Waals surface area (Å²) in [7, 11) is 4.28. The summed E-state index contributed by atoms with van der Waals surface area (Å²) in [4.78, 5) is 17.7. The molecule has 1 aliphatic heterocycles. The van der Waals surface area contributed by atoms with Crippen LogP contribution in [-0.2, 0) is 0 Å². The zero-order chi connectivity index (χ0) is 15.2. The average molecular weight is 294 g/mol. The maximum absolute atomic E-state index is 5.45. The van der Waals surface area contributed by atoms with E-state index in [0.717, 1.165) is 32.5 Å². The Labute approximate surface area is 126 Å². The van der Waals surface area contributed by atoms with E-state index in [0.29, 0.717) is 30.6 Å². The fraction of sp³-hybridized carbons (Fsp3) is 0.786. The van der Waals surface area contributed by atoms with Crippen LogP contribution in [0.5, 0.6) is 6.01 Å². The minimum Gasteiger partial charge on any atom is -0.464 e. The molecule has 0 aromatic carbocycles. The number of hydrogen-bond acceptors (Lipinski definition) is 7. The molecule has 0 aliphatic carbocycles. The predicted molar refractivity (Wildman–Crippen MR) is 84.1 cm³/mol. The molecule has 2 heterocycles. The Hall–Kier alpha value is -1.63. The first-order chi connectivity index (χ1) is 10.1. The molecule has 0 unspecified atom stereocenters. The molecule has 2 rings (SSSR count). The van der Waals surface area contributed by atoms with Gasteiger partial charge in [0.05, 0.1) is 6.61 Å². The molecule has 1 N–H and O–H groups in total. The second-order valence-electron chi connectivity index (χ2n) is 5.39. The third-order valence-corrected chi connectivity index (χ3v) is 3.69. The molecule has 118 valence electrons. The Balaban J connectivity index is 2.11. The Morgan fingerprint density at radius 1 is 1.19 bits per heavy atom. The lowest BCUT2D eigenvalue weighted by atomic mass is 10.0. The summed E-state index contributed by atoms with van der Waals surface area (Å²) in [6.07, 6.45) is 2.25. The van der Waals surface area contributed by atoms with E-state index in [4.69, 9.17) is 4.74 Å². The highest BCUT2D eigenvalue weighted by molar-refractivity contribution is 5.38. The van der Waals surface area contributed by atoms with E-state index in [1.165, 1.54) is 0 Å². The van der Waals surface area contributed by atoms with Gasteiger partial charge in [-0.3, -0.25) is 0 Å². The van der Waals surface area contributed by atoms with Crippen LogP contribution in [0.2, 0.25) is 0 Å². The topological polar surface area (TPSA) is 66.4 Å². The Kier molecular flexibility index (Phi) is 5.55. The van der Waals surface area contributed by atoms with Crippen molar-refractivity contribution in [2.24, 2.45) is 0 Å². The number of anilines is 2. The van der Waals surface area contributed by atoms with Crippen molar-refractivity contribution in [2.75, 3.05) is 50.6 Å². The molecule has 1 aromatic heterocycles. The van der Waals surface area contributed by atoms with Gasteiger partial charge in [0.25, 0.3) is 0 Å². The number of piperidine rings is 1. The maximum Gasteiger partial charge on any atom is 0.323 e. The van der Waals surface area contributed by atoms with Gasteiger partial charge in [-0.15, -0.1) is 0 Å². The molecule has 0 saturated carbocycles. The van der Waals surface area contributed by atoms with Gasteiger partial charge >= 0.3 is 6.01 Å². The van der Waals surface area contributed by atoms with Gasteiger partial charge in [0.15, 0.2) is 0 Å². The molecule has 21 heavy (non-hydrogen) atoms. The Bertz CT molecular complexity index is 421. The number of nitrogens with zero attached hydrogens (tertiary/aromatic N) is 5. The van der Waals surface area contributed by atoms with Crippen molar-refractivity contribution in [3.63, 3.8) is 0 Å². The zero-order valence-corrected chi connectivity index (χ0v) is 13.5. The molecule has 0 amide bonds. The smallest absolute Gasteiger partial charge is 0.323 e. The molecular weight excluding hydrogens is 268 g/mol. The summed E-state index contributed by atoms with van der Waals surface area (Å²) >= 11 is 0. The van der Waals surface area contributed by atoms with Crippen molar-refractivity contribution < 1.29 is 4.74 Å². The van der Waals surface area contributed by atoms with Gasteiger partial charge in [-0.05, 0) is 40.8 Å². The second-order valence-corrected chi connectivity index (χ2v) is 5.39. The highest BCUT2D eigenvalue weighted by Crippen LogP contribution is 2.21. The van der Waals surface area contributed by atoms with Crippen LogP contribution in [0.25, 0.3) is 0 Å². The molecule has 1 fully saturated rings. The first kappa shape index (κ1) is 15.8. The highest BCUT2D eigenvalue weighted by atomic mass is 16.5. The van der Waals surface area contributed by atoms with Gasteiger partial charge in [0.2, 0.25) is 11.9 Å². The number of rotatable bonds is 6. The fourth-order valence-electron chi connectivity index (χ4n) is 2.50. The van der Waals surface area contributed by atoms with Crippen LogP contribution < -0.4 is 15.0 Å². The summed E-state index contributed by atoms with van der Waals surface area (Å²) in [5.41, 5.74) is 0. The molecule has 7 heteroatoms. The zero-order valence-electron chi connectivity index (χ0n) is 13.5. The van der Waals surface area contributed by atoms with Crippen LogP contribution in [0.3, 0.4) is 0 Å². The van der Waals surface area contributed by atoms with E-state index in [-0.39, 0.29) is 0 Å². The lowest BCUT2D eigenvalue weighted by Gasteiger charge is -2.35. The van der Waals surface area contributed by atoms with Crippen LogP contribution in [-0.4, -0.2) is 66.2 Å². The van der Waals surface area contributed by atoms with Gasteiger partial charge in [-0.25, -0.2) is 0 Å². The van der Waals surface area contributed by atoms with E-state index in [9.17, 15) is 0 Å². The monoisotopic (exact) mass is 294 g/mol. The lowest BCUT2D eigenvalue weighted by molar-refractivity contribution is 0.248. The quantitative estimate of drug-likeness (QED) is 0.846. The van der Waals surface area contributed by atoms with Gasteiger partial charge in [0.1, 0.15) is 0 Å². The number of ether oxygens (including phenoxy) is 1. The summed E-state index contributed by atoms with van der Waals surface area (Å²) in [6.45, 7) is 7.20. The van der Waals surface area contributed by atoms with Crippen molar-refractivity contribution in [2.45, 2.75) is 32.7 Å². The van der Waals surface area contributed by atoms with Crippen molar-refractivity contribution in [1.29, 1.82) is 0 Å². The van der Waals surface area contributed by atoms with E-state index >= 15 is 0 Å². The lowest BCUT2D eigenvalue weighted by Crippen LogP contribution is -2.42. The minimum atomic E-state index is 0.396. The van der Waals surface area contributed by atoms with E-state index in [2.05, 4.69) is 44.2 Å². The van der Waals surface area contributed by atoms with Crippen molar-refractivity contribution >= 4 is 11.9 Å². The van der Waals surface area contributed by atoms with Crippen LogP contribution >= 0.6 is 0 Å². The molecule has 0 atom stereocenters. The predicted octanol–water partition coefficient (Wildman–Crippen LogP) is 1.23. The molecule has 0 radical (unpaired) electrons. The first-order valence-electron chi connectivity index (χ1n) is 7.68. The van der Waals surface area contributed by atoms with Crippen LogP contribution in [0.1, 0.15) is 26.7 Å². The van der Waals surface area contributed by atoms with Crippen molar-refractivity contribution in [1.82, 2.24) is 19.9 Å². The number of aromatic nitrogens is 3. The summed E-state index contributed by atoms with van der Waals surface area (Å²) in [5.74, 6) is 1.29. The molecule has 1 aromatic rings. The fourth-order valence-corrected chi connectivity index (χ4v) is 2.50. The standard InChI is InChI=1S/C14H26N6O/c1-5-15-12-16-13(18-14(17-12)21-6-2)20-9-7-11(8-10-20)19(3)4/h11H,5-10H2,1-4H3,(H,15,16,17,18).